The third-order valence-electron chi connectivity index (χ3n) is 3.39. The molecular formula is C18H21BrN2O2. The van der Waals surface area contributed by atoms with E-state index in [1.54, 1.807) is 7.11 Å². The fourth-order valence-electron chi connectivity index (χ4n) is 2.12. The minimum atomic E-state index is -0.0403. The highest BCUT2D eigenvalue weighted by molar-refractivity contribution is 9.10. The Morgan fingerprint density at radius 3 is 2.61 bits per heavy atom. The molecule has 2 N–H and O–H groups in total. The number of halogens is 1. The zero-order chi connectivity index (χ0) is 16.5. The molecule has 0 saturated heterocycles. The SMILES string of the molecule is COc1ccc(CNCCCNC(=O)c2cccc(Br)c2)cc1. The van der Waals surface area contributed by atoms with Gasteiger partial charge in [-0.15, -0.1) is 0 Å². The second kappa shape index (κ2) is 9.33. The summed E-state index contributed by atoms with van der Waals surface area (Å²) in [4.78, 5) is 11.9. The molecule has 0 radical (unpaired) electrons. The fourth-order valence-corrected chi connectivity index (χ4v) is 2.52. The molecule has 0 saturated carbocycles. The Morgan fingerprint density at radius 2 is 1.91 bits per heavy atom. The minimum Gasteiger partial charge on any atom is -0.497 e. The number of rotatable bonds is 8. The number of methoxy groups -OCH3 is 1. The normalized spacial score (nSPS) is 10.3. The van der Waals surface area contributed by atoms with Gasteiger partial charge in [0.2, 0.25) is 0 Å². The van der Waals surface area contributed by atoms with Gasteiger partial charge in [0.25, 0.3) is 5.91 Å². The van der Waals surface area contributed by atoms with Gasteiger partial charge >= 0.3 is 0 Å². The third-order valence-corrected chi connectivity index (χ3v) is 3.88. The van der Waals surface area contributed by atoms with E-state index in [0.29, 0.717) is 12.1 Å². The molecule has 0 heterocycles. The van der Waals surface area contributed by atoms with Crippen LogP contribution >= 0.6 is 15.9 Å². The van der Waals surface area contributed by atoms with Gasteiger partial charge in [-0.1, -0.05) is 34.1 Å². The number of amides is 1. The lowest BCUT2D eigenvalue weighted by Crippen LogP contribution is -2.27. The van der Waals surface area contributed by atoms with Gasteiger partial charge in [-0.25, -0.2) is 0 Å². The lowest BCUT2D eigenvalue weighted by atomic mass is 10.2. The molecule has 0 unspecified atom stereocenters. The molecule has 5 heteroatoms. The monoisotopic (exact) mass is 376 g/mol. The molecule has 0 spiro atoms. The zero-order valence-electron chi connectivity index (χ0n) is 13.1. The predicted molar refractivity (Wildman–Crippen MR) is 95.8 cm³/mol. The van der Waals surface area contributed by atoms with E-state index in [1.807, 2.05) is 48.5 Å². The van der Waals surface area contributed by atoms with Gasteiger partial charge in [0, 0.05) is 23.1 Å². The molecular weight excluding hydrogens is 356 g/mol. The first-order valence-corrected chi connectivity index (χ1v) is 8.36. The number of carbonyl (C=O) groups excluding carboxylic acids is 1. The van der Waals surface area contributed by atoms with Crippen molar-refractivity contribution in [1.82, 2.24) is 10.6 Å². The summed E-state index contributed by atoms with van der Waals surface area (Å²) in [7, 11) is 1.66. The van der Waals surface area contributed by atoms with E-state index >= 15 is 0 Å². The van der Waals surface area contributed by atoms with Gasteiger partial charge < -0.3 is 15.4 Å². The van der Waals surface area contributed by atoms with Crippen LogP contribution in [0.1, 0.15) is 22.3 Å². The average Bonchev–Trinajstić information content (AvgIpc) is 2.58. The summed E-state index contributed by atoms with van der Waals surface area (Å²) in [5.41, 5.74) is 1.88. The molecule has 23 heavy (non-hydrogen) atoms. The lowest BCUT2D eigenvalue weighted by molar-refractivity contribution is 0.0953. The summed E-state index contributed by atoms with van der Waals surface area (Å²) in [6.07, 6.45) is 0.885. The maximum Gasteiger partial charge on any atom is 0.251 e. The molecule has 2 aromatic carbocycles. The molecule has 0 fully saturated rings. The lowest BCUT2D eigenvalue weighted by Gasteiger charge is -2.07. The molecule has 122 valence electrons. The number of hydrogen-bond acceptors (Lipinski definition) is 3. The van der Waals surface area contributed by atoms with Crippen LogP contribution in [0.2, 0.25) is 0 Å². The van der Waals surface area contributed by atoms with Gasteiger partial charge in [0.1, 0.15) is 5.75 Å². The Labute approximate surface area is 145 Å². The van der Waals surface area contributed by atoms with Gasteiger partial charge in [0.05, 0.1) is 7.11 Å². The van der Waals surface area contributed by atoms with Crippen molar-refractivity contribution >= 4 is 21.8 Å². The van der Waals surface area contributed by atoms with Crippen molar-refractivity contribution < 1.29 is 9.53 Å². The third kappa shape index (κ3) is 6.04. The van der Waals surface area contributed by atoms with Crippen molar-refractivity contribution in [1.29, 1.82) is 0 Å². The highest BCUT2D eigenvalue weighted by Crippen LogP contribution is 2.12. The first-order valence-electron chi connectivity index (χ1n) is 7.56. The average molecular weight is 377 g/mol. The van der Waals surface area contributed by atoms with E-state index in [1.165, 1.54) is 5.56 Å². The van der Waals surface area contributed by atoms with Crippen molar-refractivity contribution in [2.75, 3.05) is 20.2 Å². The second-order valence-corrected chi connectivity index (χ2v) is 6.06. The van der Waals surface area contributed by atoms with Crippen molar-refractivity contribution in [3.8, 4) is 5.75 Å². The van der Waals surface area contributed by atoms with Crippen LogP contribution in [0.25, 0.3) is 0 Å². The molecule has 0 aliphatic carbocycles. The minimum absolute atomic E-state index is 0.0403. The summed E-state index contributed by atoms with van der Waals surface area (Å²) in [5, 5.41) is 6.29. The van der Waals surface area contributed by atoms with Crippen LogP contribution in [0.5, 0.6) is 5.75 Å². The number of ether oxygens (including phenoxy) is 1. The number of hydrogen-bond donors (Lipinski definition) is 2. The van der Waals surface area contributed by atoms with Gasteiger partial charge in [-0.3, -0.25) is 4.79 Å². The summed E-state index contributed by atoms with van der Waals surface area (Å²) in [6, 6.07) is 15.4. The van der Waals surface area contributed by atoms with Crippen LogP contribution in [0.3, 0.4) is 0 Å². The van der Waals surface area contributed by atoms with E-state index in [4.69, 9.17) is 4.74 Å². The van der Waals surface area contributed by atoms with Crippen LogP contribution < -0.4 is 15.4 Å². The van der Waals surface area contributed by atoms with Crippen molar-refractivity contribution in [2.45, 2.75) is 13.0 Å². The summed E-state index contributed by atoms with van der Waals surface area (Å²) in [5.74, 6) is 0.825. The standard InChI is InChI=1S/C18H21BrN2O2/c1-23-17-8-6-14(7-9-17)13-20-10-3-11-21-18(22)15-4-2-5-16(19)12-15/h2,4-9,12,20H,3,10-11,13H2,1H3,(H,21,22). The Balaban J connectivity index is 1.61. The molecule has 0 aliphatic rings. The van der Waals surface area contributed by atoms with Gasteiger partial charge in [-0.2, -0.15) is 0 Å². The zero-order valence-corrected chi connectivity index (χ0v) is 14.7. The molecule has 0 atom stereocenters. The molecule has 0 aliphatic heterocycles. The quantitative estimate of drug-likeness (QED) is 0.694. The van der Waals surface area contributed by atoms with E-state index < -0.39 is 0 Å². The Morgan fingerprint density at radius 1 is 1.13 bits per heavy atom. The maximum atomic E-state index is 11.9. The Kier molecular flexibility index (Phi) is 7.10. The predicted octanol–water partition coefficient (Wildman–Crippen LogP) is 3.37. The molecule has 2 rings (SSSR count). The molecule has 2 aromatic rings. The van der Waals surface area contributed by atoms with E-state index in [2.05, 4.69) is 26.6 Å². The number of nitrogens with one attached hydrogen (secondary N) is 2. The van der Waals surface area contributed by atoms with Crippen LogP contribution in [-0.2, 0) is 6.54 Å². The first-order chi connectivity index (χ1) is 11.2. The highest BCUT2D eigenvalue weighted by Gasteiger charge is 2.04. The molecule has 1 amide bonds. The Bertz CT molecular complexity index is 629. The van der Waals surface area contributed by atoms with Crippen molar-refractivity contribution in [2.24, 2.45) is 0 Å². The van der Waals surface area contributed by atoms with Gasteiger partial charge in [0.15, 0.2) is 0 Å². The van der Waals surface area contributed by atoms with Crippen LogP contribution in [-0.4, -0.2) is 26.1 Å². The smallest absolute Gasteiger partial charge is 0.251 e. The van der Waals surface area contributed by atoms with E-state index in [9.17, 15) is 4.79 Å². The molecule has 4 nitrogen and oxygen atoms in total. The number of benzene rings is 2. The highest BCUT2D eigenvalue weighted by atomic mass is 79.9. The van der Waals surface area contributed by atoms with Crippen LogP contribution in [0, 0.1) is 0 Å². The van der Waals surface area contributed by atoms with Crippen LogP contribution in [0.15, 0.2) is 53.0 Å². The van der Waals surface area contributed by atoms with E-state index in [0.717, 1.165) is 29.7 Å². The maximum absolute atomic E-state index is 11.9. The number of carbonyl (C=O) groups is 1. The van der Waals surface area contributed by atoms with Crippen LogP contribution in [0.4, 0.5) is 0 Å². The van der Waals surface area contributed by atoms with E-state index in [-0.39, 0.29) is 5.91 Å². The summed E-state index contributed by atoms with van der Waals surface area (Å²) >= 11 is 3.37. The molecule has 0 bridgehead atoms. The van der Waals surface area contributed by atoms with Crippen molar-refractivity contribution in [3.63, 3.8) is 0 Å². The second-order valence-electron chi connectivity index (χ2n) is 5.14. The first kappa shape index (κ1) is 17.5. The summed E-state index contributed by atoms with van der Waals surface area (Å²) < 4.78 is 6.04. The fraction of sp³-hybridized carbons (Fsp3) is 0.278. The Hall–Kier alpha value is -1.85. The summed E-state index contributed by atoms with van der Waals surface area (Å²) in [6.45, 7) is 2.31. The topological polar surface area (TPSA) is 50.4 Å². The van der Waals surface area contributed by atoms with Gasteiger partial charge in [-0.05, 0) is 48.9 Å². The van der Waals surface area contributed by atoms with Crippen molar-refractivity contribution in [3.05, 3.63) is 64.1 Å². The molecule has 0 aromatic heterocycles. The largest absolute Gasteiger partial charge is 0.497 e.